The van der Waals surface area contributed by atoms with E-state index in [4.69, 9.17) is 16.2 Å². The lowest BCUT2D eigenvalue weighted by Crippen LogP contribution is -2.39. The van der Waals surface area contributed by atoms with Gasteiger partial charge in [0, 0.05) is 12.5 Å². The molecule has 2 aromatic rings. The molecule has 1 saturated carbocycles. The van der Waals surface area contributed by atoms with Gasteiger partial charge in [-0.2, -0.15) is 0 Å². The topological polar surface area (TPSA) is 95.4 Å². The number of hydrogen-bond acceptors (Lipinski definition) is 5. The molecule has 0 aliphatic heterocycles. The average Bonchev–Trinajstić information content (AvgIpc) is 3.23. The van der Waals surface area contributed by atoms with E-state index in [1.807, 2.05) is 19.1 Å². The van der Waals surface area contributed by atoms with Gasteiger partial charge >= 0.3 is 0 Å². The van der Waals surface area contributed by atoms with E-state index in [-0.39, 0.29) is 17.4 Å². The highest BCUT2D eigenvalue weighted by Crippen LogP contribution is 2.55. The second-order valence-corrected chi connectivity index (χ2v) is 8.42. The third kappa shape index (κ3) is 2.60. The maximum absolute atomic E-state index is 13.0. The van der Waals surface area contributed by atoms with Crippen molar-refractivity contribution in [3.05, 3.63) is 59.7 Å². The van der Waals surface area contributed by atoms with Crippen molar-refractivity contribution in [2.45, 2.75) is 28.5 Å². The molecular weight excluding hydrogens is 324 g/mol. The van der Waals surface area contributed by atoms with Gasteiger partial charge in [0.1, 0.15) is 5.75 Å². The summed E-state index contributed by atoms with van der Waals surface area (Å²) in [6.07, 6.45) is 0. The van der Waals surface area contributed by atoms with Crippen LogP contribution in [0.3, 0.4) is 0 Å². The van der Waals surface area contributed by atoms with Crippen LogP contribution in [0.2, 0.25) is 0 Å². The molecule has 1 aliphatic carbocycles. The van der Waals surface area contributed by atoms with Crippen LogP contribution < -0.4 is 16.2 Å². The fraction of sp³-hybridized carbons (Fsp3) is 0.333. The molecule has 24 heavy (non-hydrogen) atoms. The predicted molar refractivity (Wildman–Crippen MR) is 93.9 cm³/mol. The van der Waals surface area contributed by atoms with Crippen molar-refractivity contribution in [2.75, 3.05) is 13.7 Å². The monoisotopic (exact) mass is 346 g/mol. The first-order valence-corrected chi connectivity index (χ1v) is 9.32. The molecule has 1 aliphatic rings. The van der Waals surface area contributed by atoms with Gasteiger partial charge < -0.3 is 16.2 Å². The van der Waals surface area contributed by atoms with Crippen LogP contribution in [-0.4, -0.2) is 32.9 Å². The maximum atomic E-state index is 13.0. The highest BCUT2D eigenvalue weighted by Gasteiger charge is 2.68. The van der Waals surface area contributed by atoms with Crippen LogP contribution in [0, 0.1) is 6.92 Å². The van der Waals surface area contributed by atoms with Gasteiger partial charge in [-0.1, -0.05) is 29.8 Å². The highest BCUT2D eigenvalue weighted by molar-refractivity contribution is 7.92. The molecule has 0 heterocycles. The van der Waals surface area contributed by atoms with Gasteiger partial charge in [-0.15, -0.1) is 0 Å². The largest absolute Gasteiger partial charge is 0.497 e. The number of sulfone groups is 1. The Labute approximate surface area is 142 Å². The van der Waals surface area contributed by atoms with Crippen LogP contribution in [0.15, 0.2) is 53.4 Å². The SMILES string of the molecule is COc1ccc([C@H]2[C@@H](S(=O)(=O)c3ccc(C)cc3)[C@@]2(N)CN)cc1. The van der Waals surface area contributed by atoms with Crippen molar-refractivity contribution in [3.63, 3.8) is 0 Å². The third-order valence-electron chi connectivity index (χ3n) is 4.81. The van der Waals surface area contributed by atoms with Crippen LogP contribution >= 0.6 is 0 Å². The molecule has 5 nitrogen and oxygen atoms in total. The molecule has 2 aromatic carbocycles. The van der Waals surface area contributed by atoms with Crippen LogP contribution in [0.1, 0.15) is 17.0 Å². The molecule has 0 radical (unpaired) electrons. The van der Waals surface area contributed by atoms with Crippen molar-refractivity contribution >= 4 is 9.84 Å². The molecule has 4 N–H and O–H groups in total. The summed E-state index contributed by atoms with van der Waals surface area (Å²) in [6, 6.07) is 14.2. The molecule has 0 spiro atoms. The Hall–Kier alpha value is -1.89. The van der Waals surface area contributed by atoms with Crippen molar-refractivity contribution < 1.29 is 13.2 Å². The summed E-state index contributed by atoms with van der Waals surface area (Å²) in [6.45, 7) is 2.03. The van der Waals surface area contributed by atoms with Crippen molar-refractivity contribution in [3.8, 4) is 5.75 Å². The van der Waals surface area contributed by atoms with Gasteiger partial charge in [-0.05, 0) is 36.8 Å². The summed E-state index contributed by atoms with van der Waals surface area (Å²) in [5.74, 6) is 0.396. The standard InChI is InChI=1S/C18H22N2O3S/c1-12-3-9-15(10-4-12)24(21,22)17-16(18(17,20)11-19)13-5-7-14(23-2)8-6-13/h3-10,16-17H,11,19-20H2,1-2H3/t16-,17+,18+/m0/s1. The minimum Gasteiger partial charge on any atom is -0.497 e. The Morgan fingerprint density at radius 3 is 2.17 bits per heavy atom. The highest BCUT2D eigenvalue weighted by atomic mass is 32.2. The fourth-order valence-corrected chi connectivity index (χ4v) is 5.62. The first kappa shape index (κ1) is 17.0. The molecule has 0 amide bonds. The number of rotatable bonds is 5. The number of methoxy groups -OCH3 is 1. The minimum absolute atomic E-state index is 0.111. The van der Waals surface area contributed by atoms with E-state index < -0.39 is 20.6 Å². The fourth-order valence-electron chi connectivity index (χ4n) is 3.30. The number of aryl methyl sites for hydroxylation is 1. The Morgan fingerprint density at radius 2 is 1.67 bits per heavy atom. The Kier molecular flexibility index (Phi) is 4.15. The number of benzene rings is 2. The molecule has 128 valence electrons. The van der Waals surface area contributed by atoms with E-state index in [9.17, 15) is 8.42 Å². The first-order chi connectivity index (χ1) is 11.3. The molecule has 1 fully saturated rings. The van der Waals surface area contributed by atoms with Crippen LogP contribution in [0.25, 0.3) is 0 Å². The minimum atomic E-state index is -3.55. The van der Waals surface area contributed by atoms with Crippen molar-refractivity contribution in [1.82, 2.24) is 0 Å². The molecule has 0 aromatic heterocycles. The molecule has 0 unspecified atom stereocenters. The lowest BCUT2D eigenvalue weighted by molar-refractivity contribution is 0.414. The maximum Gasteiger partial charge on any atom is 0.183 e. The van der Waals surface area contributed by atoms with E-state index in [1.54, 1.807) is 43.5 Å². The van der Waals surface area contributed by atoms with E-state index in [2.05, 4.69) is 0 Å². The quantitative estimate of drug-likeness (QED) is 0.857. The smallest absolute Gasteiger partial charge is 0.183 e. The zero-order chi connectivity index (χ0) is 17.5. The third-order valence-corrected chi connectivity index (χ3v) is 7.12. The van der Waals surface area contributed by atoms with E-state index in [1.165, 1.54) is 0 Å². The number of ether oxygens (including phenoxy) is 1. The van der Waals surface area contributed by atoms with Crippen molar-refractivity contribution in [1.29, 1.82) is 0 Å². The second kappa shape index (κ2) is 5.88. The number of hydrogen-bond donors (Lipinski definition) is 2. The summed E-state index contributed by atoms with van der Waals surface area (Å²) in [5, 5.41) is -0.717. The Bertz CT molecular complexity index is 832. The van der Waals surface area contributed by atoms with Gasteiger partial charge in [0.2, 0.25) is 0 Å². The molecule has 3 rings (SSSR count). The average molecular weight is 346 g/mol. The van der Waals surface area contributed by atoms with Gasteiger partial charge in [-0.25, -0.2) is 8.42 Å². The van der Waals surface area contributed by atoms with Crippen molar-refractivity contribution in [2.24, 2.45) is 11.5 Å². The first-order valence-electron chi connectivity index (χ1n) is 7.78. The Morgan fingerprint density at radius 1 is 1.08 bits per heavy atom. The summed E-state index contributed by atoms with van der Waals surface area (Å²) < 4.78 is 31.2. The Balaban J connectivity index is 1.98. The summed E-state index contributed by atoms with van der Waals surface area (Å²) in [4.78, 5) is 0.289. The molecule has 3 atom stereocenters. The summed E-state index contributed by atoms with van der Waals surface area (Å²) >= 11 is 0. The van der Waals surface area contributed by atoms with Gasteiger partial charge in [0.15, 0.2) is 9.84 Å². The molecular formula is C18H22N2O3S. The molecule has 6 heteroatoms. The van der Waals surface area contributed by atoms with Gasteiger partial charge in [0.25, 0.3) is 0 Å². The lowest BCUT2D eigenvalue weighted by atomic mass is 10.1. The predicted octanol–water partition coefficient (Wildman–Crippen LogP) is 1.60. The second-order valence-electron chi connectivity index (χ2n) is 6.35. The zero-order valence-corrected chi connectivity index (χ0v) is 14.6. The van der Waals surface area contributed by atoms with E-state index >= 15 is 0 Å². The number of nitrogens with two attached hydrogens (primary N) is 2. The normalized spacial score (nSPS) is 26.2. The molecule has 0 saturated heterocycles. The zero-order valence-electron chi connectivity index (χ0n) is 13.8. The summed E-state index contributed by atoms with van der Waals surface area (Å²) in [7, 11) is -1.96. The molecule has 0 bridgehead atoms. The van der Waals surface area contributed by atoms with Crippen LogP contribution in [-0.2, 0) is 9.84 Å². The van der Waals surface area contributed by atoms with Gasteiger partial charge in [-0.3, -0.25) is 0 Å². The lowest BCUT2D eigenvalue weighted by Gasteiger charge is -2.09. The van der Waals surface area contributed by atoms with Gasteiger partial charge in [0.05, 0.1) is 22.8 Å². The van der Waals surface area contributed by atoms with E-state index in [0.717, 1.165) is 11.1 Å². The summed E-state index contributed by atoms with van der Waals surface area (Å²) in [5.41, 5.74) is 13.1. The van der Waals surface area contributed by atoms with Crippen LogP contribution in [0.4, 0.5) is 0 Å². The van der Waals surface area contributed by atoms with Crippen LogP contribution in [0.5, 0.6) is 5.75 Å². The van der Waals surface area contributed by atoms with E-state index in [0.29, 0.717) is 5.75 Å².